The Morgan fingerprint density at radius 3 is 2.42 bits per heavy atom. The summed E-state index contributed by atoms with van der Waals surface area (Å²) in [6.45, 7) is 3.06. The molecule has 0 aliphatic carbocycles. The lowest BCUT2D eigenvalue weighted by Gasteiger charge is -2.33. The molecule has 0 atom stereocenters. The number of methoxy groups -OCH3 is 1. The lowest BCUT2D eigenvalue weighted by atomic mass is 9.93. The Morgan fingerprint density at radius 2 is 1.84 bits per heavy atom. The first-order valence-electron chi connectivity index (χ1n) is 9.94. The van der Waals surface area contributed by atoms with E-state index in [4.69, 9.17) is 8.92 Å². The van der Waals surface area contributed by atoms with Crippen molar-refractivity contribution in [2.75, 3.05) is 31.7 Å². The number of rotatable bonds is 8. The first kappa shape index (κ1) is 23.0. The summed E-state index contributed by atoms with van der Waals surface area (Å²) in [5.41, 5.74) is 0.817. The van der Waals surface area contributed by atoms with Crippen molar-refractivity contribution in [2.45, 2.75) is 31.1 Å². The minimum Gasteiger partial charge on any atom is -0.490 e. The number of aryl methyl sites for hydroxylation is 1. The van der Waals surface area contributed by atoms with Gasteiger partial charge < -0.3 is 9.64 Å². The van der Waals surface area contributed by atoms with Gasteiger partial charge in [-0.1, -0.05) is 17.7 Å². The van der Waals surface area contributed by atoms with Crippen molar-refractivity contribution in [3.05, 3.63) is 57.9 Å². The third-order valence-corrected chi connectivity index (χ3v) is 6.80. The highest BCUT2D eigenvalue weighted by Crippen LogP contribution is 2.36. The number of nitrogens with zero attached hydrogens (tertiary/aromatic N) is 2. The van der Waals surface area contributed by atoms with Gasteiger partial charge in [-0.2, -0.15) is 8.42 Å². The minimum atomic E-state index is -3.78. The van der Waals surface area contributed by atoms with Gasteiger partial charge in [0.15, 0.2) is 11.6 Å². The van der Waals surface area contributed by atoms with Crippen LogP contribution in [0.1, 0.15) is 24.8 Å². The van der Waals surface area contributed by atoms with Crippen LogP contribution in [-0.4, -0.2) is 40.1 Å². The fourth-order valence-corrected chi connectivity index (χ4v) is 4.56. The van der Waals surface area contributed by atoms with Gasteiger partial charge in [0, 0.05) is 19.2 Å². The maximum absolute atomic E-state index is 14.4. The van der Waals surface area contributed by atoms with Gasteiger partial charge >= 0.3 is 5.69 Å². The molecule has 10 heteroatoms. The number of benzene rings is 2. The van der Waals surface area contributed by atoms with E-state index in [0.717, 1.165) is 24.5 Å². The summed E-state index contributed by atoms with van der Waals surface area (Å²) in [5, 5.41) is 11.0. The van der Waals surface area contributed by atoms with Crippen LogP contribution in [0.25, 0.3) is 0 Å². The molecule has 0 radical (unpaired) electrons. The Hall–Kier alpha value is -2.72. The topological polar surface area (TPSA) is 99.0 Å². The molecule has 3 rings (SSSR count). The van der Waals surface area contributed by atoms with Crippen LogP contribution in [0.4, 0.5) is 15.8 Å². The number of ether oxygens (including phenoxy) is 1. The Balaban J connectivity index is 1.54. The molecular formula is C21H25FN2O6S. The molecule has 1 heterocycles. The molecule has 31 heavy (non-hydrogen) atoms. The summed E-state index contributed by atoms with van der Waals surface area (Å²) in [6, 6.07) is 8.72. The molecule has 1 aliphatic rings. The van der Waals surface area contributed by atoms with Crippen LogP contribution in [0, 0.1) is 28.8 Å². The zero-order chi connectivity index (χ0) is 22.6. The molecule has 0 bridgehead atoms. The van der Waals surface area contributed by atoms with Crippen LogP contribution in [0.15, 0.2) is 41.3 Å². The largest absolute Gasteiger partial charge is 0.490 e. The predicted molar refractivity (Wildman–Crippen MR) is 113 cm³/mol. The Labute approximate surface area is 180 Å². The van der Waals surface area contributed by atoms with E-state index in [1.54, 1.807) is 12.1 Å². The van der Waals surface area contributed by atoms with E-state index in [1.165, 1.54) is 25.3 Å². The van der Waals surface area contributed by atoms with Crippen LogP contribution in [0.3, 0.4) is 0 Å². The quantitative estimate of drug-likeness (QED) is 0.338. The molecule has 0 spiro atoms. The van der Waals surface area contributed by atoms with E-state index in [9.17, 15) is 22.9 Å². The Bertz CT molecular complexity index is 1030. The summed E-state index contributed by atoms with van der Waals surface area (Å²) >= 11 is 0. The summed E-state index contributed by atoms with van der Waals surface area (Å²) in [5.74, 6) is -0.413. The molecule has 1 fully saturated rings. The fourth-order valence-electron chi connectivity index (χ4n) is 3.64. The molecule has 0 N–H and O–H groups in total. The summed E-state index contributed by atoms with van der Waals surface area (Å²) < 4.78 is 49.2. The SMILES string of the molecule is COc1cc(N2CCC(CCOS(=O)(=O)c3ccc(C)cc3)CC2)c(F)cc1[N+](=O)[O-]. The van der Waals surface area contributed by atoms with Crippen molar-refractivity contribution in [3.8, 4) is 5.75 Å². The fraction of sp³-hybridized carbons (Fsp3) is 0.429. The molecular weight excluding hydrogens is 427 g/mol. The summed E-state index contributed by atoms with van der Waals surface area (Å²) in [6.07, 6.45) is 2.03. The molecule has 0 saturated carbocycles. The van der Waals surface area contributed by atoms with Crippen LogP contribution < -0.4 is 9.64 Å². The highest BCUT2D eigenvalue weighted by atomic mass is 32.2. The van der Waals surface area contributed by atoms with Crippen molar-refractivity contribution in [2.24, 2.45) is 5.92 Å². The first-order chi connectivity index (χ1) is 14.7. The van der Waals surface area contributed by atoms with Gasteiger partial charge in [0.1, 0.15) is 0 Å². The Kier molecular flexibility index (Phi) is 7.11. The third-order valence-electron chi connectivity index (χ3n) is 5.47. The number of halogens is 1. The van der Waals surface area contributed by atoms with Gasteiger partial charge in [-0.25, -0.2) is 4.39 Å². The standard InChI is InChI=1S/C21H25FN2O6S/c1-15-3-5-17(6-4-15)31(27,28)30-12-9-16-7-10-23(11-8-16)19-14-21(29-2)20(24(25)26)13-18(19)22/h3-6,13-14,16H,7-12H2,1-2H3. The smallest absolute Gasteiger partial charge is 0.313 e. The van der Waals surface area contributed by atoms with E-state index >= 15 is 0 Å². The zero-order valence-corrected chi connectivity index (χ0v) is 18.2. The molecule has 0 unspecified atom stereocenters. The number of piperidine rings is 1. The van der Waals surface area contributed by atoms with Crippen LogP contribution >= 0.6 is 0 Å². The number of anilines is 1. The average molecular weight is 453 g/mol. The molecule has 1 saturated heterocycles. The minimum absolute atomic E-state index is 0.0123. The molecule has 1 aliphatic heterocycles. The van der Waals surface area contributed by atoms with E-state index < -0.39 is 26.5 Å². The monoisotopic (exact) mass is 452 g/mol. The van der Waals surface area contributed by atoms with Crippen molar-refractivity contribution in [1.82, 2.24) is 0 Å². The first-order valence-corrected chi connectivity index (χ1v) is 11.3. The maximum Gasteiger partial charge on any atom is 0.313 e. The third kappa shape index (κ3) is 5.50. The molecule has 0 aromatic heterocycles. The van der Waals surface area contributed by atoms with E-state index in [0.29, 0.717) is 19.5 Å². The summed E-state index contributed by atoms with van der Waals surface area (Å²) in [4.78, 5) is 12.3. The highest BCUT2D eigenvalue weighted by molar-refractivity contribution is 7.86. The van der Waals surface area contributed by atoms with Crippen LogP contribution in [0.5, 0.6) is 5.75 Å². The van der Waals surface area contributed by atoms with Crippen molar-refractivity contribution >= 4 is 21.5 Å². The predicted octanol–water partition coefficient (Wildman–Crippen LogP) is 4.06. The molecule has 168 valence electrons. The van der Waals surface area contributed by atoms with Gasteiger partial charge in [0.2, 0.25) is 0 Å². The van der Waals surface area contributed by atoms with E-state index in [-0.39, 0.29) is 28.9 Å². The van der Waals surface area contributed by atoms with Crippen LogP contribution in [-0.2, 0) is 14.3 Å². The second-order valence-corrected chi connectivity index (χ2v) is 9.16. The Morgan fingerprint density at radius 1 is 1.19 bits per heavy atom. The molecule has 2 aromatic rings. The van der Waals surface area contributed by atoms with Gasteiger partial charge in [-0.05, 0) is 44.2 Å². The second kappa shape index (κ2) is 9.61. The second-order valence-electron chi connectivity index (χ2n) is 7.54. The highest BCUT2D eigenvalue weighted by Gasteiger charge is 2.26. The van der Waals surface area contributed by atoms with Crippen molar-refractivity contribution < 1.29 is 26.7 Å². The van der Waals surface area contributed by atoms with Gasteiger partial charge in [0.05, 0.1) is 35.3 Å². The summed E-state index contributed by atoms with van der Waals surface area (Å²) in [7, 11) is -2.48. The lowest BCUT2D eigenvalue weighted by Crippen LogP contribution is -2.34. The van der Waals surface area contributed by atoms with E-state index in [1.807, 2.05) is 11.8 Å². The van der Waals surface area contributed by atoms with E-state index in [2.05, 4.69) is 0 Å². The van der Waals surface area contributed by atoms with Gasteiger partial charge in [-0.15, -0.1) is 0 Å². The van der Waals surface area contributed by atoms with Gasteiger partial charge in [-0.3, -0.25) is 14.3 Å². The normalized spacial score (nSPS) is 15.1. The lowest BCUT2D eigenvalue weighted by molar-refractivity contribution is -0.385. The molecule has 8 nitrogen and oxygen atoms in total. The molecule has 2 aromatic carbocycles. The number of nitro groups is 1. The number of hydrogen-bond donors (Lipinski definition) is 0. The van der Waals surface area contributed by atoms with Gasteiger partial charge in [0.25, 0.3) is 10.1 Å². The number of nitro benzene ring substituents is 1. The maximum atomic E-state index is 14.4. The molecule has 0 amide bonds. The van der Waals surface area contributed by atoms with Crippen LogP contribution in [0.2, 0.25) is 0 Å². The van der Waals surface area contributed by atoms with Crippen molar-refractivity contribution in [1.29, 1.82) is 0 Å². The number of hydrogen-bond acceptors (Lipinski definition) is 7. The zero-order valence-electron chi connectivity index (χ0n) is 17.4. The average Bonchev–Trinajstić information content (AvgIpc) is 2.74. The van der Waals surface area contributed by atoms with Crippen molar-refractivity contribution in [3.63, 3.8) is 0 Å².